The number of amides is 2. The number of hydrogen-bond donors (Lipinski definition) is 1. The zero-order valence-electron chi connectivity index (χ0n) is 19.3. The normalized spacial score (nSPS) is 21.1. The van der Waals surface area contributed by atoms with Crippen LogP contribution >= 0.6 is 0 Å². The fourth-order valence-corrected chi connectivity index (χ4v) is 5.28. The maximum atomic E-state index is 13.8. The molecule has 0 saturated carbocycles. The van der Waals surface area contributed by atoms with Gasteiger partial charge in [-0.05, 0) is 53.5 Å². The Labute approximate surface area is 197 Å². The van der Waals surface area contributed by atoms with Crippen molar-refractivity contribution in [1.82, 2.24) is 10.2 Å². The second-order valence-electron chi connectivity index (χ2n) is 9.10. The van der Waals surface area contributed by atoms with Gasteiger partial charge in [-0.15, -0.1) is 13.2 Å². The molecule has 0 unspecified atom stereocenters. The quantitative estimate of drug-likeness (QED) is 0.637. The van der Waals surface area contributed by atoms with Crippen LogP contribution in [0.25, 0.3) is 0 Å². The summed E-state index contributed by atoms with van der Waals surface area (Å²) in [4.78, 5) is 28.7. The van der Waals surface area contributed by atoms with E-state index in [0.717, 1.165) is 25.7 Å². The minimum Gasteiger partial charge on any atom is -0.406 e. The lowest BCUT2D eigenvalue weighted by Gasteiger charge is -2.43. The molecule has 5 nitrogen and oxygen atoms in total. The van der Waals surface area contributed by atoms with E-state index in [4.69, 9.17) is 0 Å². The van der Waals surface area contributed by atoms with Gasteiger partial charge in [0.2, 0.25) is 11.8 Å². The molecule has 1 N–H and O–H groups in total. The molecule has 34 heavy (non-hydrogen) atoms. The molecule has 2 aromatic rings. The Morgan fingerprint density at radius 3 is 2.12 bits per heavy atom. The van der Waals surface area contributed by atoms with Gasteiger partial charge in [-0.1, -0.05) is 63.1 Å². The van der Waals surface area contributed by atoms with Gasteiger partial charge in [0.05, 0.1) is 0 Å². The van der Waals surface area contributed by atoms with Crippen LogP contribution in [0, 0.1) is 11.8 Å². The number of nitrogens with one attached hydrogen (secondary N) is 1. The second kappa shape index (κ2) is 9.68. The summed E-state index contributed by atoms with van der Waals surface area (Å²) in [7, 11) is 0. The maximum absolute atomic E-state index is 13.8. The number of hydrogen-bond acceptors (Lipinski definition) is 3. The number of carbonyl (C=O) groups excluding carboxylic acids is 2. The largest absolute Gasteiger partial charge is 0.573 e. The molecule has 2 aromatic carbocycles. The van der Waals surface area contributed by atoms with Gasteiger partial charge in [0.25, 0.3) is 0 Å². The minimum atomic E-state index is -4.77. The van der Waals surface area contributed by atoms with Crippen LogP contribution in [-0.2, 0) is 29.0 Å². The third-order valence-corrected chi connectivity index (χ3v) is 7.01. The average molecular weight is 475 g/mol. The summed E-state index contributed by atoms with van der Waals surface area (Å²) in [5.74, 6) is -0.659. The Kier molecular flexibility index (Phi) is 6.86. The maximum Gasteiger partial charge on any atom is 0.573 e. The minimum absolute atomic E-state index is 0.0153. The van der Waals surface area contributed by atoms with E-state index in [2.05, 4.69) is 22.2 Å². The molecule has 1 heterocycles. The first kappa shape index (κ1) is 24.1. The molecule has 4 rings (SSSR count). The lowest BCUT2D eigenvalue weighted by atomic mass is 9.86. The van der Waals surface area contributed by atoms with Gasteiger partial charge in [0.1, 0.15) is 17.8 Å². The Morgan fingerprint density at radius 2 is 1.59 bits per heavy atom. The van der Waals surface area contributed by atoms with Gasteiger partial charge in [-0.3, -0.25) is 9.59 Å². The van der Waals surface area contributed by atoms with E-state index in [9.17, 15) is 22.8 Å². The molecule has 1 saturated heterocycles. The summed E-state index contributed by atoms with van der Waals surface area (Å²) < 4.78 is 41.4. The predicted octanol–water partition coefficient (Wildman–Crippen LogP) is 4.63. The molecule has 1 fully saturated rings. The Morgan fingerprint density at radius 1 is 1.00 bits per heavy atom. The molecule has 0 radical (unpaired) electrons. The summed E-state index contributed by atoms with van der Waals surface area (Å²) in [5, 5.41) is 3.02. The third kappa shape index (κ3) is 5.05. The first-order valence-electron chi connectivity index (χ1n) is 11.7. The van der Waals surface area contributed by atoms with E-state index < -0.39 is 18.4 Å². The lowest BCUT2D eigenvalue weighted by Crippen LogP contribution is -2.66. The molecule has 8 heteroatoms. The summed E-state index contributed by atoms with van der Waals surface area (Å²) in [6.07, 6.45) is -1.86. The molecule has 2 aliphatic rings. The van der Waals surface area contributed by atoms with Crippen molar-refractivity contribution in [1.29, 1.82) is 0 Å². The number of ether oxygens (including phenoxy) is 1. The topological polar surface area (TPSA) is 58.6 Å². The van der Waals surface area contributed by atoms with Gasteiger partial charge >= 0.3 is 6.36 Å². The highest BCUT2D eigenvalue weighted by Gasteiger charge is 2.46. The van der Waals surface area contributed by atoms with Crippen LogP contribution in [0.2, 0.25) is 0 Å². The molecule has 1 aliphatic carbocycles. The smallest absolute Gasteiger partial charge is 0.406 e. The first-order chi connectivity index (χ1) is 16.2. The van der Waals surface area contributed by atoms with Crippen molar-refractivity contribution in [2.24, 2.45) is 11.8 Å². The summed E-state index contributed by atoms with van der Waals surface area (Å²) in [6, 6.07) is 12.3. The van der Waals surface area contributed by atoms with Crippen LogP contribution in [-0.4, -0.2) is 35.2 Å². The summed E-state index contributed by atoms with van der Waals surface area (Å²) >= 11 is 0. The van der Waals surface area contributed by atoms with Crippen molar-refractivity contribution in [2.75, 3.05) is 0 Å². The van der Waals surface area contributed by atoms with Crippen LogP contribution in [0.15, 0.2) is 48.5 Å². The third-order valence-electron chi connectivity index (χ3n) is 7.01. The van der Waals surface area contributed by atoms with Gasteiger partial charge < -0.3 is 15.0 Å². The molecule has 1 aliphatic heterocycles. The number of nitrogens with zero attached hydrogens (tertiary/aromatic N) is 1. The number of fused-ring (bicyclic) bond motifs is 1. The van der Waals surface area contributed by atoms with E-state index in [1.54, 1.807) is 4.90 Å². The van der Waals surface area contributed by atoms with Gasteiger partial charge in [0.15, 0.2) is 0 Å². The summed E-state index contributed by atoms with van der Waals surface area (Å²) in [6.45, 7) is 4.13. The van der Waals surface area contributed by atoms with Crippen LogP contribution in [0.4, 0.5) is 13.2 Å². The molecular weight excluding hydrogens is 445 g/mol. The molecule has 0 spiro atoms. The fourth-order valence-electron chi connectivity index (χ4n) is 5.28. The van der Waals surface area contributed by atoms with Crippen LogP contribution < -0.4 is 10.1 Å². The van der Waals surface area contributed by atoms with Crippen LogP contribution in [0.3, 0.4) is 0 Å². The number of rotatable bonds is 7. The highest BCUT2D eigenvalue weighted by molar-refractivity contribution is 5.97. The van der Waals surface area contributed by atoms with Crippen LogP contribution in [0.5, 0.6) is 5.75 Å². The van der Waals surface area contributed by atoms with Crippen molar-refractivity contribution in [3.05, 3.63) is 65.2 Å². The van der Waals surface area contributed by atoms with Crippen molar-refractivity contribution >= 4 is 11.8 Å². The molecule has 182 valence electrons. The molecule has 0 bridgehead atoms. The number of carbonyl (C=O) groups is 2. The monoisotopic (exact) mass is 474 g/mol. The molecule has 2 atom stereocenters. The zero-order valence-corrected chi connectivity index (χ0v) is 19.3. The van der Waals surface area contributed by atoms with Gasteiger partial charge in [-0.2, -0.15) is 0 Å². The van der Waals surface area contributed by atoms with Crippen molar-refractivity contribution < 1.29 is 27.5 Å². The van der Waals surface area contributed by atoms with E-state index in [-0.39, 0.29) is 35.9 Å². The van der Waals surface area contributed by atoms with Gasteiger partial charge in [-0.25, -0.2) is 0 Å². The summed E-state index contributed by atoms with van der Waals surface area (Å²) in [5.41, 5.74) is 3.04. The Bertz CT molecular complexity index is 1010. The standard InChI is InChI=1S/C26H29F3N2O3/c1-3-17(4-2)23-24(32)30-22(20-13-18-7-5-6-8-19(18)14-20)25(33)31(23)15-16-9-11-21(12-10-16)34-26(27,28)29/h5-12,17,20,22-23H,3-4,13-15H2,1-2H3,(H,30,32)/t22-,23-/m1/s1. The zero-order chi connectivity index (χ0) is 24.5. The second-order valence-corrected chi connectivity index (χ2v) is 9.10. The molecule has 0 aromatic heterocycles. The van der Waals surface area contributed by atoms with Crippen molar-refractivity contribution in [3.63, 3.8) is 0 Å². The number of benzene rings is 2. The highest BCUT2D eigenvalue weighted by atomic mass is 19.4. The van der Waals surface area contributed by atoms with Crippen molar-refractivity contribution in [2.45, 2.75) is 64.5 Å². The van der Waals surface area contributed by atoms with Crippen molar-refractivity contribution in [3.8, 4) is 5.75 Å². The molecule has 2 amide bonds. The lowest BCUT2D eigenvalue weighted by molar-refractivity contribution is -0.274. The Balaban J connectivity index is 1.58. The van der Waals surface area contributed by atoms with E-state index in [1.807, 2.05) is 26.0 Å². The van der Waals surface area contributed by atoms with Gasteiger partial charge in [0, 0.05) is 6.54 Å². The number of piperazine rings is 1. The van der Waals surface area contributed by atoms with E-state index >= 15 is 0 Å². The SMILES string of the molecule is CCC(CC)[C@@H]1C(=O)N[C@H](C2Cc3ccccc3C2)C(=O)N1Cc1ccc(OC(F)(F)F)cc1. The van der Waals surface area contributed by atoms with E-state index in [1.165, 1.54) is 35.4 Å². The number of halogens is 3. The van der Waals surface area contributed by atoms with Crippen LogP contribution in [0.1, 0.15) is 43.4 Å². The average Bonchev–Trinajstić information content (AvgIpc) is 3.22. The van der Waals surface area contributed by atoms with E-state index in [0.29, 0.717) is 5.56 Å². The molecular formula is C26H29F3N2O3. The first-order valence-corrected chi connectivity index (χ1v) is 11.7. The Hall–Kier alpha value is -3.03. The highest BCUT2D eigenvalue weighted by Crippen LogP contribution is 2.33. The fraction of sp³-hybridized carbons (Fsp3) is 0.462. The number of alkyl halides is 3. The predicted molar refractivity (Wildman–Crippen MR) is 121 cm³/mol.